The smallest absolute Gasteiger partial charge is 0.224 e. The molecule has 0 saturated carbocycles. The summed E-state index contributed by atoms with van der Waals surface area (Å²) in [6.07, 6.45) is 1.95. The van der Waals surface area contributed by atoms with Gasteiger partial charge in [-0.1, -0.05) is 40.5 Å². The Bertz CT molecular complexity index is 408. The topological polar surface area (TPSA) is 29.1 Å². The number of hydrogen-bond donors (Lipinski definition) is 1. The largest absolute Gasteiger partial charge is 0.356 e. The minimum Gasteiger partial charge on any atom is -0.356 e. The van der Waals surface area contributed by atoms with Crippen molar-refractivity contribution >= 4 is 33.4 Å². The third-order valence-electron chi connectivity index (χ3n) is 2.86. The number of hydrogen-bond acceptors (Lipinski definition) is 1. The number of amides is 1. The molecule has 2 nitrogen and oxygen atoms in total. The second kappa shape index (κ2) is 8.54. The van der Waals surface area contributed by atoms with Gasteiger partial charge in [-0.2, -0.15) is 0 Å². The Labute approximate surface area is 126 Å². The zero-order valence-electron chi connectivity index (χ0n) is 10.9. The van der Waals surface area contributed by atoms with Crippen LogP contribution in [-0.4, -0.2) is 17.8 Å². The molecule has 19 heavy (non-hydrogen) atoms. The van der Waals surface area contributed by atoms with Crippen LogP contribution < -0.4 is 5.32 Å². The van der Waals surface area contributed by atoms with Crippen LogP contribution in [0.15, 0.2) is 18.2 Å². The molecule has 0 aliphatic carbocycles. The van der Waals surface area contributed by atoms with Crippen molar-refractivity contribution in [1.29, 1.82) is 0 Å². The van der Waals surface area contributed by atoms with Crippen LogP contribution in [0.3, 0.4) is 0 Å². The number of alkyl halides is 1. The lowest BCUT2D eigenvalue weighted by Crippen LogP contribution is -2.26. The average molecular weight is 351 g/mol. The van der Waals surface area contributed by atoms with Crippen LogP contribution in [0.5, 0.6) is 0 Å². The van der Waals surface area contributed by atoms with Crippen LogP contribution in [0.25, 0.3) is 0 Å². The number of carbonyl (C=O) groups excluding carboxylic acids is 1. The summed E-state index contributed by atoms with van der Waals surface area (Å²) in [5, 5.41) is 4.04. The molecule has 0 spiro atoms. The lowest BCUT2D eigenvalue weighted by atomic mass is 10.1. The quantitative estimate of drug-likeness (QED) is 0.585. The van der Waals surface area contributed by atoms with Crippen LogP contribution in [0, 0.1) is 11.7 Å². The molecule has 1 amide bonds. The second-order valence-electron chi connectivity index (χ2n) is 4.63. The van der Waals surface area contributed by atoms with Crippen LogP contribution in [0.2, 0.25) is 5.02 Å². The van der Waals surface area contributed by atoms with Crippen molar-refractivity contribution in [3.05, 3.63) is 34.6 Å². The average Bonchev–Trinajstić information content (AvgIpc) is 2.39. The van der Waals surface area contributed by atoms with Crippen LogP contribution in [-0.2, 0) is 11.2 Å². The molecule has 1 aromatic rings. The van der Waals surface area contributed by atoms with E-state index in [0.717, 1.165) is 18.2 Å². The molecule has 1 unspecified atom stereocenters. The summed E-state index contributed by atoms with van der Waals surface area (Å²) < 4.78 is 13.5. The van der Waals surface area contributed by atoms with Gasteiger partial charge in [-0.3, -0.25) is 4.79 Å². The van der Waals surface area contributed by atoms with E-state index in [1.54, 1.807) is 6.07 Å². The zero-order chi connectivity index (χ0) is 14.3. The molecular weight excluding hydrogens is 333 g/mol. The minimum atomic E-state index is -0.435. The van der Waals surface area contributed by atoms with Gasteiger partial charge in [-0.15, -0.1) is 0 Å². The fourth-order valence-electron chi connectivity index (χ4n) is 1.68. The summed E-state index contributed by atoms with van der Waals surface area (Å²) in [5.74, 6) is -0.0352. The van der Waals surface area contributed by atoms with Crippen molar-refractivity contribution in [3.63, 3.8) is 0 Å². The number of nitrogens with one attached hydrogen (secondary N) is 1. The highest BCUT2D eigenvalue weighted by Crippen LogP contribution is 2.19. The highest BCUT2D eigenvalue weighted by molar-refractivity contribution is 9.09. The van der Waals surface area contributed by atoms with Crippen molar-refractivity contribution in [1.82, 2.24) is 5.32 Å². The number of halogens is 3. The van der Waals surface area contributed by atoms with Gasteiger partial charge in [-0.05, 0) is 30.9 Å². The van der Waals surface area contributed by atoms with E-state index in [1.807, 2.05) is 0 Å². The fraction of sp³-hybridized carbons (Fsp3) is 0.500. The Morgan fingerprint density at radius 2 is 2.26 bits per heavy atom. The molecular formula is C14H18BrClFNO. The summed E-state index contributed by atoms with van der Waals surface area (Å²) in [7, 11) is 0. The molecule has 1 aromatic carbocycles. The predicted molar refractivity (Wildman–Crippen MR) is 80.3 cm³/mol. The first kappa shape index (κ1) is 16.4. The first-order valence-corrected chi connectivity index (χ1v) is 7.80. The molecule has 5 heteroatoms. The summed E-state index contributed by atoms with van der Waals surface area (Å²) in [6, 6.07) is 4.43. The first-order chi connectivity index (χ1) is 9.04. The molecule has 1 atom stereocenters. The highest BCUT2D eigenvalue weighted by Gasteiger charge is 2.11. The van der Waals surface area contributed by atoms with Gasteiger partial charge in [0.15, 0.2) is 0 Å². The Balaban J connectivity index is 2.35. The minimum absolute atomic E-state index is 0.0144. The van der Waals surface area contributed by atoms with E-state index in [2.05, 4.69) is 28.2 Å². The van der Waals surface area contributed by atoms with Crippen molar-refractivity contribution in [2.75, 3.05) is 11.9 Å². The maximum atomic E-state index is 13.5. The molecule has 0 heterocycles. The van der Waals surface area contributed by atoms with Crippen molar-refractivity contribution in [2.45, 2.75) is 26.2 Å². The van der Waals surface area contributed by atoms with Crippen molar-refractivity contribution in [3.8, 4) is 0 Å². The molecule has 106 valence electrons. The van der Waals surface area contributed by atoms with Gasteiger partial charge in [-0.25, -0.2) is 4.39 Å². The van der Waals surface area contributed by atoms with Crippen LogP contribution in [0.4, 0.5) is 4.39 Å². The second-order valence-corrected chi connectivity index (χ2v) is 5.68. The molecule has 0 bridgehead atoms. The van der Waals surface area contributed by atoms with Crippen LogP contribution >= 0.6 is 27.5 Å². The molecule has 1 rings (SSSR count). The van der Waals surface area contributed by atoms with Gasteiger partial charge in [0.1, 0.15) is 5.82 Å². The van der Waals surface area contributed by atoms with Gasteiger partial charge in [0.25, 0.3) is 0 Å². The Morgan fingerprint density at radius 1 is 1.53 bits per heavy atom. The highest BCUT2D eigenvalue weighted by atomic mass is 79.9. The van der Waals surface area contributed by atoms with E-state index in [0.29, 0.717) is 17.5 Å². The molecule has 0 saturated heterocycles. The summed E-state index contributed by atoms with van der Waals surface area (Å²) in [5.41, 5.74) is 0.260. The maximum absolute atomic E-state index is 13.5. The van der Waals surface area contributed by atoms with Gasteiger partial charge in [0, 0.05) is 22.5 Å². The molecule has 0 aromatic heterocycles. The Morgan fingerprint density at radius 3 is 2.89 bits per heavy atom. The van der Waals surface area contributed by atoms with E-state index < -0.39 is 5.82 Å². The van der Waals surface area contributed by atoms with E-state index >= 15 is 0 Å². The monoisotopic (exact) mass is 349 g/mol. The van der Waals surface area contributed by atoms with Crippen LogP contribution in [0.1, 0.15) is 25.3 Å². The SMILES string of the molecule is CC(CBr)CCCNC(=O)Cc1c(F)cccc1Cl. The normalized spacial score (nSPS) is 12.2. The number of rotatable bonds is 7. The van der Waals surface area contributed by atoms with Crippen molar-refractivity contribution in [2.24, 2.45) is 5.92 Å². The summed E-state index contributed by atoms with van der Waals surface area (Å²) >= 11 is 9.28. The van der Waals surface area contributed by atoms with E-state index in [9.17, 15) is 9.18 Å². The standard InChI is InChI=1S/C14H18BrClFNO/c1-10(9-15)4-3-7-18-14(19)8-11-12(16)5-2-6-13(11)17/h2,5-6,10H,3-4,7-9H2,1H3,(H,18,19). The fourth-order valence-corrected chi connectivity index (χ4v) is 2.23. The van der Waals surface area contributed by atoms with Gasteiger partial charge >= 0.3 is 0 Å². The van der Waals surface area contributed by atoms with Gasteiger partial charge < -0.3 is 5.32 Å². The lowest BCUT2D eigenvalue weighted by molar-refractivity contribution is -0.120. The van der Waals surface area contributed by atoms with Crippen molar-refractivity contribution < 1.29 is 9.18 Å². The Kier molecular flexibility index (Phi) is 7.39. The molecule has 0 aliphatic heterocycles. The zero-order valence-corrected chi connectivity index (χ0v) is 13.2. The molecule has 0 radical (unpaired) electrons. The maximum Gasteiger partial charge on any atom is 0.224 e. The first-order valence-electron chi connectivity index (χ1n) is 6.30. The van der Waals surface area contributed by atoms with E-state index in [1.165, 1.54) is 12.1 Å². The summed E-state index contributed by atoms with van der Waals surface area (Å²) in [6.45, 7) is 2.76. The molecule has 1 N–H and O–H groups in total. The number of benzene rings is 1. The summed E-state index contributed by atoms with van der Waals surface area (Å²) in [4.78, 5) is 11.7. The third kappa shape index (κ3) is 5.91. The van der Waals surface area contributed by atoms with E-state index in [-0.39, 0.29) is 17.9 Å². The Hall–Kier alpha value is -0.610. The lowest BCUT2D eigenvalue weighted by Gasteiger charge is -2.09. The predicted octanol–water partition coefficient (Wildman–Crippen LogP) is 3.95. The van der Waals surface area contributed by atoms with Gasteiger partial charge in [0.2, 0.25) is 5.91 Å². The van der Waals surface area contributed by atoms with E-state index in [4.69, 9.17) is 11.6 Å². The third-order valence-corrected chi connectivity index (χ3v) is 4.32. The molecule has 0 aliphatic rings. The molecule has 0 fully saturated rings. The van der Waals surface area contributed by atoms with Gasteiger partial charge in [0.05, 0.1) is 6.42 Å². The number of carbonyl (C=O) groups is 1.